The molecule has 23 heavy (non-hydrogen) atoms. The molecule has 1 aliphatic carbocycles. The van der Waals surface area contributed by atoms with Crippen LogP contribution in [0.25, 0.3) is 0 Å². The Bertz CT molecular complexity index is 697. The molecule has 2 fully saturated rings. The number of nitrogens with zero attached hydrogens (tertiary/aromatic N) is 2. The van der Waals surface area contributed by atoms with E-state index in [4.69, 9.17) is 0 Å². The second-order valence-corrected chi connectivity index (χ2v) is 9.88. The van der Waals surface area contributed by atoms with E-state index in [0.717, 1.165) is 25.8 Å². The van der Waals surface area contributed by atoms with Crippen LogP contribution < -0.4 is 4.90 Å². The van der Waals surface area contributed by atoms with Gasteiger partial charge in [0.05, 0.1) is 5.25 Å². The summed E-state index contributed by atoms with van der Waals surface area (Å²) in [6, 6.07) is 9.04. The molecule has 0 amide bonds. The number of para-hydroxylation sites is 1. The van der Waals surface area contributed by atoms with E-state index in [1.165, 1.54) is 11.3 Å². The van der Waals surface area contributed by atoms with E-state index in [0.29, 0.717) is 31.0 Å². The summed E-state index contributed by atoms with van der Waals surface area (Å²) in [5, 5.41) is -0.0949. The van der Waals surface area contributed by atoms with Gasteiger partial charge in [-0.1, -0.05) is 32.0 Å². The first-order valence-corrected chi connectivity index (χ1v) is 10.3. The second kappa shape index (κ2) is 5.49. The van der Waals surface area contributed by atoms with Gasteiger partial charge in [0.25, 0.3) is 0 Å². The lowest BCUT2D eigenvalue weighted by Crippen LogP contribution is -2.49. The molecule has 4 rings (SSSR count). The minimum Gasteiger partial charge on any atom is -0.367 e. The average Bonchev–Trinajstić information content (AvgIpc) is 3.34. The topological polar surface area (TPSA) is 40.6 Å². The molecule has 3 aliphatic rings. The molecule has 0 N–H and O–H groups in total. The first kappa shape index (κ1) is 15.5. The molecule has 126 valence electrons. The Kier molecular flexibility index (Phi) is 3.69. The van der Waals surface area contributed by atoms with Crippen LogP contribution in [0.2, 0.25) is 0 Å². The van der Waals surface area contributed by atoms with Crippen molar-refractivity contribution in [2.75, 3.05) is 24.5 Å². The number of rotatable bonds is 4. The van der Waals surface area contributed by atoms with Crippen molar-refractivity contribution in [1.82, 2.24) is 4.31 Å². The van der Waals surface area contributed by atoms with E-state index < -0.39 is 10.0 Å². The molecule has 0 bridgehead atoms. The molecule has 2 aliphatic heterocycles. The van der Waals surface area contributed by atoms with Crippen LogP contribution >= 0.6 is 0 Å². The molecular weight excluding hydrogens is 308 g/mol. The third-order valence-electron chi connectivity index (χ3n) is 5.45. The van der Waals surface area contributed by atoms with Crippen molar-refractivity contribution in [1.29, 1.82) is 0 Å². The van der Waals surface area contributed by atoms with E-state index in [2.05, 4.69) is 43.0 Å². The van der Waals surface area contributed by atoms with E-state index in [9.17, 15) is 8.42 Å². The number of hydrogen-bond acceptors (Lipinski definition) is 3. The minimum atomic E-state index is -3.06. The van der Waals surface area contributed by atoms with Crippen molar-refractivity contribution in [3.8, 4) is 0 Å². The van der Waals surface area contributed by atoms with Crippen LogP contribution in [0.15, 0.2) is 24.3 Å². The monoisotopic (exact) mass is 334 g/mol. The first-order chi connectivity index (χ1) is 11.0. The molecule has 4 nitrogen and oxygen atoms in total. The molecule has 1 saturated carbocycles. The smallest absolute Gasteiger partial charge is 0.217 e. The number of sulfonamides is 1. The summed E-state index contributed by atoms with van der Waals surface area (Å²) < 4.78 is 27.0. The van der Waals surface area contributed by atoms with Gasteiger partial charge in [-0.2, -0.15) is 0 Å². The maximum atomic E-state index is 12.6. The van der Waals surface area contributed by atoms with Crippen LogP contribution in [0, 0.1) is 5.92 Å². The van der Waals surface area contributed by atoms with Crippen molar-refractivity contribution in [3.05, 3.63) is 29.8 Å². The Balaban J connectivity index is 1.64. The quantitative estimate of drug-likeness (QED) is 0.850. The lowest BCUT2D eigenvalue weighted by atomic mass is 9.90. The molecule has 1 aromatic rings. The number of piperidine rings is 1. The summed E-state index contributed by atoms with van der Waals surface area (Å²) in [6.45, 7) is 6.90. The Labute approximate surface area is 139 Å². The predicted octanol–water partition coefficient (Wildman–Crippen LogP) is 2.81. The summed E-state index contributed by atoms with van der Waals surface area (Å²) in [6.07, 6.45) is 2.64. The van der Waals surface area contributed by atoms with Crippen LogP contribution in [0.5, 0.6) is 0 Å². The Morgan fingerprint density at radius 3 is 2.61 bits per heavy atom. The second-order valence-electron chi connectivity index (χ2n) is 7.67. The van der Waals surface area contributed by atoms with E-state index in [-0.39, 0.29) is 5.25 Å². The van der Waals surface area contributed by atoms with Gasteiger partial charge in [-0.3, -0.25) is 0 Å². The van der Waals surface area contributed by atoms with Gasteiger partial charge in [0.15, 0.2) is 0 Å². The van der Waals surface area contributed by atoms with Gasteiger partial charge in [-0.25, -0.2) is 12.7 Å². The Morgan fingerprint density at radius 1 is 1.17 bits per heavy atom. The van der Waals surface area contributed by atoms with Gasteiger partial charge in [0.1, 0.15) is 0 Å². The zero-order chi connectivity index (χ0) is 16.2. The van der Waals surface area contributed by atoms with Gasteiger partial charge >= 0.3 is 0 Å². The molecule has 1 aromatic carbocycles. The largest absolute Gasteiger partial charge is 0.367 e. The van der Waals surface area contributed by atoms with Crippen LogP contribution in [0.4, 0.5) is 5.69 Å². The van der Waals surface area contributed by atoms with Gasteiger partial charge in [0, 0.05) is 37.3 Å². The molecular formula is C18H26N2O2S. The number of anilines is 1. The average molecular weight is 334 g/mol. The molecule has 2 atom stereocenters. The van der Waals surface area contributed by atoms with Crippen LogP contribution in [0.1, 0.15) is 44.6 Å². The molecule has 0 aromatic heterocycles. The molecule has 0 radical (unpaired) electrons. The third kappa shape index (κ3) is 2.58. The molecule has 2 heterocycles. The van der Waals surface area contributed by atoms with Gasteiger partial charge < -0.3 is 4.90 Å². The van der Waals surface area contributed by atoms with Gasteiger partial charge in [-0.05, 0) is 36.8 Å². The third-order valence-corrected chi connectivity index (χ3v) is 7.82. The van der Waals surface area contributed by atoms with Gasteiger partial charge in [-0.15, -0.1) is 0 Å². The number of hydrogen-bond donors (Lipinski definition) is 0. The zero-order valence-corrected chi connectivity index (χ0v) is 14.8. The Hall–Kier alpha value is -1.07. The maximum absolute atomic E-state index is 12.6. The van der Waals surface area contributed by atoms with Crippen molar-refractivity contribution < 1.29 is 8.42 Å². The summed E-state index contributed by atoms with van der Waals surface area (Å²) in [5.41, 5.74) is 2.66. The highest BCUT2D eigenvalue weighted by Crippen LogP contribution is 2.46. The Morgan fingerprint density at radius 2 is 1.91 bits per heavy atom. The van der Waals surface area contributed by atoms with E-state index in [1.807, 2.05) is 0 Å². The normalized spacial score (nSPS) is 28.0. The highest BCUT2D eigenvalue weighted by molar-refractivity contribution is 7.90. The van der Waals surface area contributed by atoms with Crippen LogP contribution in [-0.2, 0) is 10.0 Å². The summed E-state index contributed by atoms with van der Waals surface area (Å²) >= 11 is 0. The van der Waals surface area contributed by atoms with Crippen molar-refractivity contribution in [3.63, 3.8) is 0 Å². The SMILES string of the molecule is CC(C)CN1c2ccccc2[C@@H]2CN(S(=O)(=O)C3CC3)CC[C@@H]21. The number of benzene rings is 1. The minimum absolute atomic E-state index is 0.0949. The van der Waals surface area contributed by atoms with E-state index in [1.54, 1.807) is 4.31 Å². The molecule has 5 heteroatoms. The van der Waals surface area contributed by atoms with Crippen LogP contribution in [-0.4, -0.2) is 43.6 Å². The summed E-state index contributed by atoms with van der Waals surface area (Å²) in [7, 11) is -3.06. The van der Waals surface area contributed by atoms with Crippen molar-refractivity contribution in [2.45, 2.75) is 50.3 Å². The fourth-order valence-electron chi connectivity index (χ4n) is 4.26. The molecule has 0 spiro atoms. The standard InChI is InChI=1S/C18H26N2O2S/c1-13(2)11-20-17-6-4-3-5-15(17)16-12-19(10-9-18(16)20)23(21,22)14-7-8-14/h3-6,13-14,16,18H,7-12H2,1-2H3/t16-,18-/m0/s1. The van der Waals surface area contributed by atoms with Crippen molar-refractivity contribution in [2.24, 2.45) is 5.92 Å². The summed E-state index contributed by atoms with van der Waals surface area (Å²) in [5.74, 6) is 0.933. The lowest BCUT2D eigenvalue weighted by molar-refractivity contribution is 0.286. The zero-order valence-electron chi connectivity index (χ0n) is 14.0. The molecule has 0 unspecified atom stereocenters. The van der Waals surface area contributed by atoms with Crippen molar-refractivity contribution >= 4 is 15.7 Å². The van der Waals surface area contributed by atoms with Gasteiger partial charge in [0.2, 0.25) is 10.0 Å². The summed E-state index contributed by atoms with van der Waals surface area (Å²) in [4.78, 5) is 2.53. The predicted molar refractivity (Wildman–Crippen MR) is 93.3 cm³/mol. The number of fused-ring (bicyclic) bond motifs is 3. The molecule has 1 saturated heterocycles. The lowest BCUT2D eigenvalue weighted by Gasteiger charge is -2.39. The maximum Gasteiger partial charge on any atom is 0.217 e. The first-order valence-electron chi connectivity index (χ1n) is 8.83. The highest BCUT2D eigenvalue weighted by atomic mass is 32.2. The van der Waals surface area contributed by atoms with E-state index >= 15 is 0 Å². The fraction of sp³-hybridized carbons (Fsp3) is 0.667. The fourth-order valence-corrected chi connectivity index (χ4v) is 6.15. The highest BCUT2D eigenvalue weighted by Gasteiger charge is 2.47. The van der Waals surface area contributed by atoms with Crippen LogP contribution in [0.3, 0.4) is 0 Å².